The smallest absolute Gasteiger partial charge is 0.231 e. The highest BCUT2D eigenvalue weighted by Gasteiger charge is 2.20. The third-order valence-electron chi connectivity index (χ3n) is 4.10. The molecular weight excluding hydrogens is 340 g/mol. The Morgan fingerprint density at radius 1 is 1.07 bits per heavy atom. The first-order valence-electron chi connectivity index (χ1n) is 8.41. The molecule has 0 atom stereocenters. The molecule has 0 radical (unpaired) electrons. The molecule has 4 rings (SSSR count). The van der Waals surface area contributed by atoms with E-state index in [-0.39, 0.29) is 11.7 Å². The summed E-state index contributed by atoms with van der Waals surface area (Å²) in [6.45, 7) is 0. The number of methoxy groups -OCH3 is 1. The first-order chi connectivity index (χ1) is 13.2. The molecule has 5 heteroatoms. The van der Waals surface area contributed by atoms with E-state index in [4.69, 9.17) is 9.15 Å². The molecule has 4 aromatic rings. The van der Waals surface area contributed by atoms with Crippen LogP contribution in [0.2, 0.25) is 0 Å². The Hall–Kier alpha value is -3.73. The van der Waals surface area contributed by atoms with Gasteiger partial charge in [-0.3, -0.25) is 9.78 Å². The van der Waals surface area contributed by atoms with E-state index in [2.05, 4.69) is 9.97 Å². The SMILES string of the molecule is COc1cccc(C(=O)C(=Cc2cccnc2)c2nc3ccccc3o2)c1. The first kappa shape index (κ1) is 16.7. The van der Waals surface area contributed by atoms with Gasteiger partial charge in [0.05, 0.1) is 12.7 Å². The lowest BCUT2D eigenvalue weighted by Crippen LogP contribution is -2.03. The van der Waals surface area contributed by atoms with Crippen LogP contribution in [-0.2, 0) is 0 Å². The van der Waals surface area contributed by atoms with Gasteiger partial charge in [-0.15, -0.1) is 0 Å². The Morgan fingerprint density at radius 2 is 1.96 bits per heavy atom. The number of allylic oxidation sites excluding steroid dienone is 1. The minimum atomic E-state index is -0.204. The molecule has 0 aliphatic heterocycles. The number of benzene rings is 2. The van der Waals surface area contributed by atoms with Gasteiger partial charge in [0, 0.05) is 18.0 Å². The Balaban J connectivity index is 1.85. The highest BCUT2D eigenvalue weighted by molar-refractivity contribution is 6.31. The van der Waals surface area contributed by atoms with E-state index in [9.17, 15) is 4.79 Å². The van der Waals surface area contributed by atoms with Crippen molar-refractivity contribution in [3.8, 4) is 5.75 Å². The van der Waals surface area contributed by atoms with Crippen molar-refractivity contribution in [3.05, 3.63) is 90.1 Å². The molecular formula is C22H16N2O3. The molecule has 132 valence electrons. The van der Waals surface area contributed by atoms with Crippen LogP contribution in [-0.4, -0.2) is 22.9 Å². The minimum Gasteiger partial charge on any atom is -0.497 e. The zero-order chi connectivity index (χ0) is 18.6. The molecule has 0 aliphatic carbocycles. The summed E-state index contributed by atoms with van der Waals surface area (Å²) in [5.41, 5.74) is 2.95. The third kappa shape index (κ3) is 3.48. The predicted octanol–water partition coefficient (Wildman–Crippen LogP) is 4.65. The number of ketones is 1. The van der Waals surface area contributed by atoms with E-state index in [1.165, 1.54) is 0 Å². The maximum atomic E-state index is 13.3. The Kier molecular flexibility index (Phi) is 4.49. The second kappa shape index (κ2) is 7.25. The fourth-order valence-corrected chi connectivity index (χ4v) is 2.76. The Bertz CT molecular complexity index is 1100. The summed E-state index contributed by atoms with van der Waals surface area (Å²) in [4.78, 5) is 21.8. The number of oxazole rings is 1. The molecule has 0 bridgehead atoms. The van der Waals surface area contributed by atoms with Crippen LogP contribution in [0.5, 0.6) is 5.75 Å². The van der Waals surface area contributed by atoms with Crippen molar-refractivity contribution in [1.29, 1.82) is 0 Å². The van der Waals surface area contributed by atoms with Gasteiger partial charge in [-0.2, -0.15) is 0 Å². The van der Waals surface area contributed by atoms with Crippen molar-refractivity contribution in [1.82, 2.24) is 9.97 Å². The van der Waals surface area contributed by atoms with Crippen LogP contribution in [0.1, 0.15) is 21.8 Å². The number of pyridine rings is 1. The number of nitrogens with zero attached hydrogens (tertiary/aromatic N) is 2. The number of aromatic nitrogens is 2. The van der Waals surface area contributed by atoms with E-state index in [1.807, 2.05) is 36.4 Å². The van der Waals surface area contributed by atoms with Crippen LogP contribution in [0.3, 0.4) is 0 Å². The predicted molar refractivity (Wildman–Crippen MR) is 103 cm³/mol. The molecule has 0 saturated carbocycles. The number of carbonyl (C=O) groups is 1. The molecule has 5 nitrogen and oxygen atoms in total. The number of hydrogen-bond donors (Lipinski definition) is 0. The fraction of sp³-hybridized carbons (Fsp3) is 0.0455. The van der Waals surface area contributed by atoms with Crippen molar-refractivity contribution in [2.24, 2.45) is 0 Å². The topological polar surface area (TPSA) is 65.2 Å². The monoisotopic (exact) mass is 356 g/mol. The summed E-state index contributed by atoms with van der Waals surface area (Å²) in [5.74, 6) is 0.677. The lowest BCUT2D eigenvalue weighted by molar-refractivity contribution is 0.105. The molecule has 27 heavy (non-hydrogen) atoms. The normalized spacial score (nSPS) is 11.5. The second-order valence-corrected chi connectivity index (χ2v) is 5.89. The van der Waals surface area contributed by atoms with Gasteiger partial charge in [-0.05, 0) is 42.0 Å². The minimum absolute atomic E-state index is 0.204. The third-order valence-corrected chi connectivity index (χ3v) is 4.10. The van der Waals surface area contributed by atoms with Crippen molar-refractivity contribution in [2.75, 3.05) is 7.11 Å². The Morgan fingerprint density at radius 3 is 2.74 bits per heavy atom. The van der Waals surface area contributed by atoms with Crippen molar-refractivity contribution in [3.63, 3.8) is 0 Å². The van der Waals surface area contributed by atoms with Gasteiger partial charge in [0.15, 0.2) is 11.4 Å². The average Bonchev–Trinajstić information content (AvgIpc) is 3.16. The molecule has 0 saturated heterocycles. The fourth-order valence-electron chi connectivity index (χ4n) is 2.76. The molecule has 0 fully saturated rings. The molecule has 0 spiro atoms. The summed E-state index contributed by atoms with van der Waals surface area (Å²) in [6, 6.07) is 18.1. The first-order valence-corrected chi connectivity index (χ1v) is 8.41. The molecule has 0 unspecified atom stereocenters. The van der Waals surface area contributed by atoms with Crippen LogP contribution < -0.4 is 4.74 Å². The van der Waals surface area contributed by atoms with E-state index in [0.717, 1.165) is 5.56 Å². The Labute approximate surface area is 156 Å². The quantitative estimate of drug-likeness (QED) is 0.384. The van der Waals surface area contributed by atoms with E-state index < -0.39 is 0 Å². The van der Waals surface area contributed by atoms with Crippen LogP contribution in [0.4, 0.5) is 0 Å². The van der Waals surface area contributed by atoms with Gasteiger partial charge in [0.2, 0.25) is 5.89 Å². The second-order valence-electron chi connectivity index (χ2n) is 5.89. The zero-order valence-corrected chi connectivity index (χ0v) is 14.6. The van der Waals surface area contributed by atoms with E-state index in [1.54, 1.807) is 49.8 Å². The van der Waals surface area contributed by atoms with E-state index in [0.29, 0.717) is 28.0 Å². The zero-order valence-electron chi connectivity index (χ0n) is 14.6. The highest BCUT2D eigenvalue weighted by atomic mass is 16.5. The van der Waals surface area contributed by atoms with Gasteiger partial charge in [0.1, 0.15) is 11.3 Å². The highest BCUT2D eigenvalue weighted by Crippen LogP contribution is 2.27. The van der Waals surface area contributed by atoms with Gasteiger partial charge in [-0.25, -0.2) is 4.98 Å². The lowest BCUT2D eigenvalue weighted by Gasteiger charge is -2.06. The summed E-state index contributed by atoms with van der Waals surface area (Å²) < 4.78 is 11.1. The summed E-state index contributed by atoms with van der Waals surface area (Å²) in [5, 5.41) is 0. The van der Waals surface area contributed by atoms with Gasteiger partial charge in [0.25, 0.3) is 0 Å². The van der Waals surface area contributed by atoms with Crippen LogP contribution in [0, 0.1) is 0 Å². The molecule has 0 aliphatic rings. The van der Waals surface area contributed by atoms with Crippen LogP contribution >= 0.6 is 0 Å². The standard InChI is InChI=1S/C22H16N2O3/c1-26-17-8-4-7-16(13-17)21(25)18(12-15-6-5-11-23-14-15)22-24-19-9-2-3-10-20(19)27-22/h2-14H,1H3. The lowest BCUT2D eigenvalue weighted by atomic mass is 10.0. The molecule has 0 amide bonds. The summed E-state index contributed by atoms with van der Waals surface area (Å²) >= 11 is 0. The molecule has 2 aromatic carbocycles. The van der Waals surface area contributed by atoms with Gasteiger partial charge in [-0.1, -0.05) is 30.3 Å². The molecule has 2 aromatic heterocycles. The maximum absolute atomic E-state index is 13.3. The van der Waals surface area contributed by atoms with Gasteiger partial charge >= 0.3 is 0 Å². The molecule has 0 N–H and O–H groups in total. The van der Waals surface area contributed by atoms with Crippen molar-refractivity contribution < 1.29 is 13.9 Å². The number of fused-ring (bicyclic) bond motifs is 1. The van der Waals surface area contributed by atoms with Crippen LogP contribution in [0.15, 0.2) is 77.5 Å². The average molecular weight is 356 g/mol. The number of para-hydroxylation sites is 2. The van der Waals surface area contributed by atoms with Crippen molar-refractivity contribution in [2.45, 2.75) is 0 Å². The van der Waals surface area contributed by atoms with Gasteiger partial charge < -0.3 is 9.15 Å². The largest absolute Gasteiger partial charge is 0.497 e. The van der Waals surface area contributed by atoms with E-state index >= 15 is 0 Å². The number of carbonyl (C=O) groups excluding carboxylic acids is 1. The van der Waals surface area contributed by atoms with Crippen molar-refractivity contribution >= 4 is 28.5 Å². The summed E-state index contributed by atoms with van der Waals surface area (Å²) in [6.07, 6.45) is 5.10. The maximum Gasteiger partial charge on any atom is 0.231 e. The number of rotatable bonds is 5. The number of Topliss-reactive ketones (excluding diaryl/α,β-unsaturated/α-hetero) is 1. The molecule has 2 heterocycles. The van der Waals surface area contributed by atoms with Crippen LogP contribution in [0.25, 0.3) is 22.7 Å². The summed E-state index contributed by atoms with van der Waals surface area (Å²) in [7, 11) is 1.57. The number of hydrogen-bond acceptors (Lipinski definition) is 5. The number of ether oxygens (including phenoxy) is 1.